The van der Waals surface area contributed by atoms with Crippen molar-refractivity contribution in [1.82, 2.24) is 0 Å². The van der Waals surface area contributed by atoms with Crippen molar-refractivity contribution >= 4 is 17.9 Å². The maximum Gasteiger partial charge on any atom is 0.305 e. The van der Waals surface area contributed by atoms with Crippen LogP contribution in [0.3, 0.4) is 0 Å². The lowest BCUT2D eigenvalue weighted by atomic mass is 10.0. The Morgan fingerprint density at radius 3 is 1.84 bits per heavy atom. The highest BCUT2D eigenvalue weighted by Gasteiger charge is 2.41. The smallest absolute Gasteiger partial charge is 0.305 e. The first kappa shape index (κ1) is 15.4. The highest BCUT2D eigenvalue weighted by atomic mass is 16.7. The molecule has 1 fully saturated rings. The van der Waals surface area contributed by atoms with Gasteiger partial charge in [-0.1, -0.05) is 0 Å². The van der Waals surface area contributed by atoms with Gasteiger partial charge in [-0.3, -0.25) is 14.4 Å². The molecule has 0 aliphatic carbocycles. The average molecular weight is 274 g/mol. The van der Waals surface area contributed by atoms with Crippen LogP contribution < -0.4 is 0 Å². The third kappa shape index (κ3) is 4.86. The standard InChI is InChI=1S/C12H18O7/c1-6-10(17-7(2)13)5-11(18-8(3)14)12(16-6)19-9(4)15/h6,10-12H,5H2,1-4H3. The fourth-order valence-corrected chi connectivity index (χ4v) is 1.86. The van der Waals surface area contributed by atoms with Gasteiger partial charge in [0.1, 0.15) is 6.10 Å². The number of ether oxygens (including phenoxy) is 4. The summed E-state index contributed by atoms with van der Waals surface area (Å²) in [4.78, 5) is 33.0. The van der Waals surface area contributed by atoms with Gasteiger partial charge in [-0.25, -0.2) is 0 Å². The molecular weight excluding hydrogens is 256 g/mol. The summed E-state index contributed by atoms with van der Waals surface area (Å²) in [5.41, 5.74) is 0. The number of hydrogen-bond donors (Lipinski definition) is 0. The van der Waals surface area contributed by atoms with Crippen LogP contribution in [0.15, 0.2) is 0 Å². The van der Waals surface area contributed by atoms with Crippen molar-refractivity contribution < 1.29 is 33.3 Å². The Morgan fingerprint density at radius 2 is 1.37 bits per heavy atom. The van der Waals surface area contributed by atoms with Gasteiger partial charge >= 0.3 is 17.9 Å². The van der Waals surface area contributed by atoms with E-state index in [1.54, 1.807) is 6.92 Å². The zero-order valence-corrected chi connectivity index (χ0v) is 11.4. The molecule has 0 aromatic heterocycles. The molecule has 0 aromatic rings. The Bertz CT molecular complexity index is 365. The molecule has 1 aliphatic heterocycles. The summed E-state index contributed by atoms with van der Waals surface area (Å²) in [6.45, 7) is 5.44. The minimum Gasteiger partial charge on any atom is -0.460 e. The van der Waals surface area contributed by atoms with E-state index < -0.39 is 42.5 Å². The summed E-state index contributed by atoms with van der Waals surface area (Å²) < 4.78 is 20.5. The molecule has 0 N–H and O–H groups in total. The summed E-state index contributed by atoms with van der Waals surface area (Å²) in [6, 6.07) is 0. The van der Waals surface area contributed by atoms with Gasteiger partial charge in [0.15, 0.2) is 6.10 Å². The molecule has 1 aliphatic rings. The summed E-state index contributed by atoms with van der Waals surface area (Å²) in [5, 5.41) is 0. The Morgan fingerprint density at radius 1 is 0.895 bits per heavy atom. The molecule has 1 rings (SSSR count). The van der Waals surface area contributed by atoms with Crippen molar-refractivity contribution in [2.75, 3.05) is 0 Å². The molecule has 7 heteroatoms. The molecule has 4 atom stereocenters. The Hall–Kier alpha value is -1.63. The Labute approximate surface area is 111 Å². The van der Waals surface area contributed by atoms with Crippen LogP contribution in [-0.2, 0) is 33.3 Å². The predicted molar refractivity (Wildman–Crippen MR) is 61.8 cm³/mol. The normalized spacial score (nSPS) is 30.3. The summed E-state index contributed by atoms with van der Waals surface area (Å²) in [6.07, 6.45) is -2.56. The first-order valence-electron chi connectivity index (χ1n) is 5.96. The van der Waals surface area contributed by atoms with Crippen molar-refractivity contribution in [2.45, 2.75) is 58.7 Å². The number of rotatable bonds is 3. The van der Waals surface area contributed by atoms with Gasteiger partial charge in [0.05, 0.1) is 6.10 Å². The fraction of sp³-hybridized carbons (Fsp3) is 0.750. The topological polar surface area (TPSA) is 88.1 Å². The predicted octanol–water partition coefficient (Wildman–Crippen LogP) is 0.548. The average Bonchev–Trinajstić information content (AvgIpc) is 2.22. The third-order valence-corrected chi connectivity index (χ3v) is 2.56. The van der Waals surface area contributed by atoms with Gasteiger partial charge in [-0.05, 0) is 6.92 Å². The molecule has 1 heterocycles. The fourth-order valence-electron chi connectivity index (χ4n) is 1.86. The molecule has 0 bridgehead atoms. The van der Waals surface area contributed by atoms with Gasteiger partial charge < -0.3 is 18.9 Å². The van der Waals surface area contributed by atoms with Crippen LogP contribution >= 0.6 is 0 Å². The minimum atomic E-state index is -0.983. The van der Waals surface area contributed by atoms with Crippen molar-refractivity contribution in [1.29, 1.82) is 0 Å². The van der Waals surface area contributed by atoms with Crippen LogP contribution in [0.2, 0.25) is 0 Å². The van der Waals surface area contributed by atoms with Gasteiger partial charge in [-0.15, -0.1) is 0 Å². The van der Waals surface area contributed by atoms with E-state index in [2.05, 4.69) is 0 Å². The first-order chi connectivity index (χ1) is 8.79. The lowest BCUT2D eigenvalue weighted by Gasteiger charge is -2.38. The van der Waals surface area contributed by atoms with E-state index in [0.29, 0.717) is 0 Å². The Balaban J connectivity index is 2.75. The Kier molecular flexibility index (Phi) is 5.29. The molecular formula is C12H18O7. The summed E-state index contributed by atoms with van der Waals surface area (Å²) in [5.74, 6) is -1.52. The lowest BCUT2D eigenvalue weighted by molar-refractivity contribution is -0.261. The monoisotopic (exact) mass is 274 g/mol. The van der Waals surface area contributed by atoms with E-state index in [4.69, 9.17) is 18.9 Å². The van der Waals surface area contributed by atoms with E-state index in [-0.39, 0.29) is 6.42 Å². The van der Waals surface area contributed by atoms with Crippen LogP contribution in [0, 0.1) is 0 Å². The lowest BCUT2D eigenvalue weighted by Crippen LogP contribution is -2.50. The quantitative estimate of drug-likeness (QED) is 0.548. The maximum absolute atomic E-state index is 11.0. The number of carbonyl (C=O) groups excluding carboxylic acids is 3. The van der Waals surface area contributed by atoms with Crippen molar-refractivity contribution in [2.24, 2.45) is 0 Å². The molecule has 0 saturated carbocycles. The summed E-state index contributed by atoms with van der Waals surface area (Å²) >= 11 is 0. The molecule has 0 aromatic carbocycles. The molecule has 0 radical (unpaired) electrons. The van der Waals surface area contributed by atoms with Gasteiger partial charge in [0.2, 0.25) is 6.29 Å². The van der Waals surface area contributed by atoms with Crippen LogP contribution in [0.1, 0.15) is 34.1 Å². The van der Waals surface area contributed by atoms with E-state index in [1.165, 1.54) is 20.8 Å². The molecule has 4 unspecified atom stereocenters. The maximum atomic E-state index is 11.0. The van der Waals surface area contributed by atoms with Crippen LogP contribution in [-0.4, -0.2) is 42.5 Å². The highest BCUT2D eigenvalue weighted by molar-refractivity contribution is 5.67. The van der Waals surface area contributed by atoms with Crippen molar-refractivity contribution in [3.63, 3.8) is 0 Å². The number of esters is 3. The molecule has 7 nitrogen and oxygen atoms in total. The van der Waals surface area contributed by atoms with Crippen LogP contribution in [0.5, 0.6) is 0 Å². The highest BCUT2D eigenvalue weighted by Crippen LogP contribution is 2.26. The molecule has 19 heavy (non-hydrogen) atoms. The zero-order valence-electron chi connectivity index (χ0n) is 11.4. The zero-order chi connectivity index (χ0) is 14.6. The molecule has 0 amide bonds. The summed E-state index contributed by atoms with van der Waals surface area (Å²) in [7, 11) is 0. The minimum absolute atomic E-state index is 0.221. The largest absolute Gasteiger partial charge is 0.460 e. The first-order valence-corrected chi connectivity index (χ1v) is 5.96. The van der Waals surface area contributed by atoms with E-state index in [1.807, 2.05) is 0 Å². The van der Waals surface area contributed by atoms with Crippen LogP contribution in [0.4, 0.5) is 0 Å². The van der Waals surface area contributed by atoms with Gasteiger partial charge in [0, 0.05) is 27.2 Å². The number of carbonyl (C=O) groups is 3. The second kappa shape index (κ2) is 6.51. The molecule has 0 spiro atoms. The van der Waals surface area contributed by atoms with E-state index in [9.17, 15) is 14.4 Å². The van der Waals surface area contributed by atoms with E-state index in [0.717, 1.165) is 0 Å². The number of hydrogen-bond acceptors (Lipinski definition) is 7. The van der Waals surface area contributed by atoms with Crippen molar-refractivity contribution in [3.05, 3.63) is 0 Å². The van der Waals surface area contributed by atoms with Crippen LogP contribution in [0.25, 0.3) is 0 Å². The van der Waals surface area contributed by atoms with Crippen molar-refractivity contribution in [3.8, 4) is 0 Å². The second-order valence-electron chi connectivity index (χ2n) is 4.35. The SMILES string of the molecule is CC(=O)OC1CC(OC(C)=O)C(OC(C)=O)OC1C. The second-order valence-corrected chi connectivity index (χ2v) is 4.35. The third-order valence-electron chi connectivity index (χ3n) is 2.56. The molecule has 1 saturated heterocycles. The van der Waals surface area contributed by atoms with Gasteiger partial charge in [-0.2, -0.15) is 0 Å². The van der Waals surface area contributed by atoms with Gasteiger partial charge in [0.25, 0.3) is 0 Å². The van der Waals surface area contributed by atoms with E-state index >= 15 is 0 Å². The molecule has 108 valence electrons.